The molecule has 0 amide bonds. The molecule has 0 heterocycles. The van der Waals surface area contributed by atoms with E-state index < -0.39 is 0 Å². The highest BCUT2D eigenvalue weighted by molar-refractivity contribution is 5.58. The van der Waals surface area contributed by atoms with Crippen molar-refractivity contribution in [3.63, 3.8) is 0 Å². The van der Waals surface area contributed by atoms with Crippen LogP contribution in [0.2, 0.25) is 0 Å². The van der Waals surface area contributed by atoms with Crippen molar-refractivity contribution in [3.8, 4) is 17.2 Å². The number of aromatic hydroxyl groups is 2. The van der Waals surface area contributed by atoms with Gasteiger partial charge in [0.15, 0.2) is 11.5 Å². The maximum absolute atomic E-state index is 10.2. The van der Waals surface area contributed by atoms with E-state index in [0.29, 0.717) is 5.75 Å². The van der Waals surface area contributed by atoms with Gasteiger partial charge in [-0.1, -0.05) is 32.9 Å². The van der Waals surface area contributed by atoms with Crippen LogP contribution in [0.15, 0.2) is 36.4 Å². The summed E-state index contributed by atoms with van der Waals surface area (Å²) in [5.41, 5.74) is 3.07. The van der Waals surface area contributed by atoms with Gasteiger partial charge >= 0.3 is 0 Å². The number of methoxy groups -OCH3 is 1. The lowest BCUT2D eigenvalue weighted by atomic mass is 9.75. The highest BCUT2D eigenvalue weighted by atomic mass is 16.5. The Morgan fingerprint density at radius 2 is 1.73 bits per heavy atom. The Morgan fingerprint density at radius 3 is 2.36 bits per heavy atom. The quantitative estimate of drug-likeness (QED) is 0.878. The number of phenols is 2. The Morgan fingerprint density at radius 1 is 1.00 bits per heavy atom. The molecule has 1 aliphatic carbocycles. The average Bonchev–Trinajstić information content (AvgIpc) is 2.65. The topological polar surface area (TPSA) is 49.7 Å². The summed E-state index contributed by atoms with van der Waals surface area (Å²) >= 11 is 0. The third kappa shape index (κ3) is 2.04. The van der Waals surface area contributed by atoms with Gasteiger partial charge in [-0.2, -0.15) is 0 Å². The number of phenolic OH excluding ortho intramolecular Hbond substituents is 2. The summed E-state index contributed by atoms with van der Waals surface area (Å²) in [6, 6.07) is 11.1. The summed E-state index contributed by atoms with van der Waals surface area (Å²) < 4.78 is 5.27. The van der Waals surface area contributed by atoms with Gasteiger partial charge in [-0.15, -0.1) is 0 Å². The highest BCUT2D eigenvalue weighted by Crippen LogP contribution is 2.55. The molecule has 116 valence electrons. The molecule has 2 N–H and O–H groups in total. The Hall–Kier alpha value is -2.16. The molecular weight excluding hydrogens is 276 g/mol. The molecule has 22 heavy (non-hydrogen) atoms. The summed E-state index contributed by atoms with van der Waals surface area (Å²) in [7, 11) is 1.57. The van der Waals surface area contributed by atoms with Crippen LogP contribution in [0.25, 0.3) is 0 Å². The first-order chi connectivity index (χ1) is 10.3. The van der Waals surface area contributed by atoms with E-state index in [1.807, 2.05) is 30.3 Å². The Labute approximate surface area is 131 Å². The fourth-order valence-corrected chi connectivity index (χ4v) is 3.93. The molecule has 0 aliphatic heterocycles. The third-order valence-corrected chi connectivity index (χ3v) is 4.92. The molecule has 2 aromatic rings. The van der Waals surface area contributed by atoms with Gasteiger partial charge in [0.25, 0.3) is 0 Å². The fourth-order valence-electron chi connectivity index (χ4n) is 3.93. The minimum atomic E-state index is -0.249. The van der Waals surface area contributed by atoms with E-state index in [2.05, 4.69) is 20.8 Å². The van der Waals surface area contributed by atoms with Gasteiger partial charge in [0.05, 0.1) is 7.11 Å². The van der Waals surface area contributed by atoms with Gasteiger partial charge < -0.3 is 14.9 Å². The van der Waals surface area contributed by atoms with Gasteiger partial charge in [-0.3, -0.25) is 0 Å². The van der Waals surface area contributed by atoms with Crippen molar-refractivity contribution in [2.75, 3.05) is 7.11 Å². The molecule has 1 atom stereocenters. The van der Waals surface area contributed by atoms with Gasteiger partial charge in [-0.25, -0.2) is 0 Å². The predicted octanol–water partition coefficient (Wildman–Crippen LogP) is 4.09. The fraction of sp³-hybridized carbons (Fsp3) is 0.368. The van der Waals surface area contributed by atoms with Crippen molar-refractivity contribution in [1.29, 1.82) is 0 Å². The standard InChI is InChI=1S/C19H22O3/c1-18(2)11-19(3,12-6-5-7-13(20)8-12)15-9-16(21)17(22-4)10-14(15)18/h5-10,20-21H,11H2,1-4H3. The number of benzene rings is 2. The van der Waals surface area contributed by atoms with Crippen molar-refractivity contribution in [2.24, 2.45) is 0 Å². The zero-order chi connectivity index (χ0) is 16.1. The number of ether oxygens (including phenoxy) is 1. The molecule has 0 fully saturated rings. The van der Waals surface area contributed by atoms with Gasteiger partial charge in [0.2, 0.25) is 0 Å². The van der Waals surface area contributed by atoms with Crippen molar-refractivity contribution in [1.82, 2.24) is 0 Å². The second kappa shape index (κ2) is 4.67. The van der Waals surface area contributed by atoms with Crippen LogP contribution in [0.1, 0.15) is 43.9 Å². The number of rotatable bonds is 2. The van der Waals surface area contributed by atoms with E-state index in [0.717, 1.165) is 17.5 Å². The molecule has 0 saturated heterocycles. The third-order valence-electron chi connectivity index (χ3n) is 4.92. The molecule has 3 nitrogen and oxygen atoms in total. The van der Waals surface area contributed by atoms with Crippen LogP contribution in [0.5, 0.6) is 17.2 Å². The summed E-state index contributed by atoms with van der Waals surface area (Å²) in [4.78, 5) is 0. The van der Waals surface area contributed by atoms with Crippen LogP contribution in [0.4, 0.5) is 0 Å². The van der Waals surface area contributed by atoms with Crippen molar-refractivity contribution < 1.29 is 14.9 Å². The van der Waals surface area contributed by atoms with E-state index >= 15 is 0 Å². The monoisotopic (exact) mass is 298 g/mol. The molecule has 3 heteroatoms. The first kappa shape index (κ1) is 14.8. The molecule has 1 unspecified atom stereocenters. The minimum absolute atomic E-state index is 0.0312. The summed E-state index contributed by atoms with van der Waals surface area (Å²) in [5, 5.41) is 20.0. The smallest absolute Gasteiger partial charge is 0.160 e. The maximum Gasteiger partial charge on any atom is 0.160 e. The van der Waals surface area contributed by atoms with Crippen molar-refractivity contribution in [2.45, 2.75) is 38.0 Å². The molecule has 0 radical (unpaired) electrons. The molecule has 0 aromatic heterocycles. The lowest BCUT2D eigenvalue weighted by Crippen LogP contribution is -2.23. The van der Waals surface area contributed by atoms with Crippen molar-refractivity contribution in [3.05, 3.63) is 53.1 Å². The number of hydrogen-bond acceptors (Lipinski definition) is 3. The molecule has 0 bridgehead atoms. The van der Waals surface area contributed by atoms with Crippen LogP contribution in [0.3, 0.4) is 0 Å². The summed E-state index contributed by atoms with van der Waals surface area (Å²) in [6.45, 7) is 6.58. The zero-order valence-corrected chi connectivity index (χ0v) is 13.5. The lowest BCUT2D eigenvalue weighted by molar-refractivity contribution is 0.372. The second-order valence-corrected chi connectivity index (χ2v) is 7.01. The Balaban J connectivity index is 2.25. The van der Waals surface area contributed by atoms with Crippen molar-refractivity contribution >= 4 is 0 Å². The van der Waals surface area contributed by atoms with Crippen LogP contribution < -0.4 is 4.74 Å². The zero-order valence-electron chi connectivity index (χ0n) is 13.5. The first-order valence-electron chi connectivity index (χ1n) is 7.49. The molecule has 1 aliphatic rings. The van der Waals surface area contributed by atoms with E-state index in [4.69, 9.17) is 4.74 Å². The minimum Gasteiger partial charge on any atom is -0.508 e. The predicted molar refractivity (Wildman–Crippen MR) is 86.9 cm³/mol. The largest absolute Gasteiger partial charge is 0.508 e. The molecule has 2 aromatic carbocycles. The molecular formula is C19H22O3. The Bertz CT molecular complexity index is 733. The first-order valence-corrected chi connectivity index (χ1v) is 7.49. The van der Waals surface area contributed by atoms with Crippen LogP contribution in [-0.4, -0.2) is 17.3 Å². The highest BCUT2D eigenvalue weighted by Gasteiger charge is 2.46. The lowest BCUT2D eigenvalue weighted by Gasteiger charge is -2.28. The SMILES string of the molecule is COc1cc2c(cc1O)C(C)(c1cccc(O)c1)CC2(C)C. The van der Waals surface area contributed by atoms with E-state index in [1.165, 1.54) is 5.56 Å². The maximum atomic E-state index is 10.2. The van der Waals surface area contributed by atoms with E-state index in [-0.39, 0.29) is 22.3 Å². The van der Waals surface area contributed by atoms with E-state index in [1.54, 1.807) is 13.2 Å². The van der Waals surface area contributed by atoms with Crippen LogP contribution in [0, 0.1) is 0 Å². The molecule has 0 saturated carbocycles. The number of fused-ring (bicyclic) bond motifs is 1. The molecule has 3 rings (SSSR count). The normalized spacial score (nSPS) is 22.4. The van der Waals surface area contributed by atoms with Crippen LogP contribution >= 0.6 is 0 Å². The van der Waals surface area contributed by atoms with Gasteiger partial charge in [0, 0.05) is 5.41 Å². The average molecular weight is 298 g/mol. The second-order valence-electron chi connectivity index (χ2n) is 7.01. The van der Waals surface area contributed by atoms with E-state index in [9.17, 15) is 10.2 Å². The van der Waals surface area contributed by atoms with Crippen LogP contribution in [-0.2, 0) is 10.8 Å². The number of hydrogen-bond donors (Lipinski definition) is 2. The van der Waals surface area contributed by atoms with Gasteiger partial charge in [-0.05, 0) is 52.8 Å². The Kier molecular flexibility index (Phi) is 3.13. The van der Waals surface area contributed by atoms with Gasteiger partial charge in [0.1, 0.15) is 5.75 Å². The summed E-state index contributed by atoms with van der Waals surface area (Å²) in [5.74, 6) is 0.931. The summed E-state index contributed by atoms with van der Waals surface area (Å²) in [6.07, 6.45) is 0.908. The molecule has 0 spiro atoms.